The first-order valence-electron chi connectivity index (χ1n) is 11.0. The Bertz CT molecular complexity index is 1160. The van der Waals surface area contributed by atoms with Crippen LogP contribution in [0.3, 0.4) is 0 Å². The van der Waals surface area contributed by atoms with Crippen molar-refractivity contribution in [2.75, 3.05) is 18.4 Å². The number of carbonyl (C=O) groups excluding carboxylic acids is 1. The quantitative estimate of drug-likeness (QED) is 0.629. The minimum Gasteiger partial charge on any atom is -0.444 e. The minimum absolute atomic E-state index is 0.0458. The van der Waals surface area contributed by atoms with E-state index < -0.39 is 5.60 Å². The Morgan fingerprint density at radius 3 is 2.75 bits per heavy atom. The lowest BCUT2D eigenvalue weighted by atomic mass is 10.1. The van der Waals surface area contributed by atoms with Crippen LogP contribution in [-0.2, 0) is 11.3 Å². The molecule has 166 valence electrons. The number of nitriles is 1. The number of aromatic nitrogens is 2. The topological polar surface area (TPSA) is 83.2 Å². The minimum atomic E-state index is -0.514. The van der Waals surface area contributed by atoms with Crippen molar-refractivity contribution in [2.45, 2.75) is 51.8 Å². The molecule has 1 atom stereocenters. The summed E-state index contributed by atoms with van der Waals surface area (Å²) in [7, 11) is 0. The highest BCUT2D eigenvalue weighted by atomic mass is 16.6. The number of anilines is 1. The fraction of sp³-hybridized carbons (Fsp3) is 0.400. The molecule has 0 saturated carbocycles. The lowest BCUT2D eigenvalue weighted by Gasteiger charge is -2.28. The molecule has 1 fully saturated rings. The number of benzene rings is 2. The van der Waals surface area contributed by atoms with Crippen molar-refractivity contribution in [3.63, 3.8) is 0 Å². The summed E-state index contributed by atoms with van der Waals surface area (Å²) < 4.78 is 7.68. The van der Waals surface area contributed by atoms with Crippen LogP contribution in [0.5, 0.6) is 0 Å². The first-order valence-corrected chi connectivity index (χ1v) is 11.0. The van der Waals surface area contributed by atoms with E-state index >= 15 is 0 Å². The summed E-state index contributed by atoms with van der Waals surface area (Å²) in [6.45, 7) is 7.48. The number of fused-ring (bicyclic) bond motifs is 1. The zero-order valence-corrected chi connectivity index (χ0v) is 18.8. The number of hydrogen-bond donors (Lipinski definition) is 1. The molecule has 0 radical (unpaired) electrons. The number of hydrogen-bond acceptors (Lipinski definition) is 5. The summed E-state index contributed by atoms with van der Waals surface area (Å²) in [5.74, 6) is 0.731. The molecule has 0 aliphatic carbocycles. The van der Waals surface area contributed by atoms with Crippen LogP contribution in [0.2, 0.25) is 0 Å². The van der Waals surface area contributed by atoms with Gasteiger partial charge in [-0.25, -0.2) is 9.78 Å². The third kappa shape index (κ3) is 4.70. The third-order valence-corrected chi connectivity index (χ3v) is 5.62. The molecule has 0 unspecified atom stereocenters. The summed E-state index contributed by atoms with van der Waals surface area (Å²) in [5, 5.41) is 13.0. The van der Waals surface area contributed by atoms with Crippen LogP contribution in [-0.4, -0.2) is 45.3 Å². The summed E-state index contributed by atoms with van der Waals surface area (Å²) >= 11 is 0. The van der Waals surface area contributed by atoms with Crippen LogP contribution < -0.4 is 5.32 Å². The van der Waals surface area contributed by atoms with Crippen LogP contribution in [0.25, 0.3) is 11.0 Å². The molecule has 0 spiro atoms. The summed E-state index contributed by atoms with van der Waals surface area (Å²) in [5.41, 5.74) is 2.97. The zero-order chi connectivity index (χ0) is 22.7. The molecule has 1 aliphatic heterocycles. The van der Waals surface area contributed by atoms with E-state index in [1.165, 1.54) is 0 Å². The van der Waals surface area contributed by atoms with Gasteiger partial charge in [0.1, 0.15) is 5.60 Å². The number of likely N-dealkylation sites (tertiary alicyclic amines) is 1. The Kier molecular flexibility index (Phi) is 6.04. The number of carbonyl (C=O) groups is 1. The Morgan fingerprint density at radius 1 is 1.22 bits per heavy atom. The Hall–Kier alpha value is -3.53. The van der Waals surface area contributed by atoms with Gasteiger partial charge in [0, 0.05) is 13.1 Å². The van der Waals surface area contributed by atoms with Crippen molar-refractivity contribution in [3.05, 3.63) is 59.7 Å². The number of nitrogens with one attached hydrogen (secondary N) is 1. The van der Waals surface area contributed by atoms with E-state index in [0.29, 0.717) is 25.2 Å². The molecule has 1 aromatic heterocycles. The van der Waals surface area contributed by atoms with E-state index in [1.807, 2.05) is 74.2 Å². The van der Waals surface area contributed by atoms with E-state index in [4.69, 9.17) is 9.72 Å². The molecule has 2 aromatic carbocycles. The van der Waals surface area contributed by atoms with Gasteiger partial charge in [-0.05, 0) is 57.4 Å². The first-order chi connectivity index (χ1) is 15.4. The molecule has 7 heteroatoms. The highest BCUT2D eigenvalue weighted by Gasteiger charge is 2.32. The Balaban J connectivity index is 1.56. The number of rotatable bonds is 5. The SMILES string of the molecule is CC(C)(C)OC(=O)N1CCC[C@@H]1CNc1nc2ccccc2n1Cc1ccccc1C#N. The van der Waals surface area contributed by atoms with Gasteiger partial charge < -0.3 is 19.5 Å². The maximum atomic E-state index is 12.6. The van der Waals surface area contributed by atoms with Gasteiger partial charge in [0.05, 0.1) is 35.3 Å². The van der Waals surface area contributed by atoms with E-state index in [1.54, 1.807) is 0 Å². The van der Waals surface area contributed by atoms with Gasteiger partial charge in [0.2, 0.25) is 5.95 Å². The number of amides is 1. The Morgan fingerprint density at radius 2 is 1.97 bits per heavy atom. The molecular formula is C25H29N5O2. The summed E-state index contributed by atoms with van der Waals surface area (Å²) in [4.78, 5) is 19.2. The second-order valence-electron chi connectivity index (χ2n) is 9.13. The standard InChI is InChI=1S/C25H29N5O2/c1-25(2,3)32-24(31)29-14-8-11-20(29)16-27-23-28-21-12-6-7-13-22(21)30(23)17-19-10-5-4-9-18(19)15-26/h4-7,9-10,12-13,20H,8,11,14,16-17H2,1-3H3,(H,27,28)/t20-/m1/s1. The largest absolute Gasteiger partial charge is 0.444 e. The van der Waals surface area contributed by atoms with Gasteiger partial charge in [-0.1, -0.05) is 30.3 Å². The fourth-order valence-electron chi connectivity index (χ4n) is 4.13. The highest BCUT2D eigenvalue weighted by Crippen LogP contribution is 2.25. The average molecular weight is 432 g/mol. The van der Waals surface area contributed by atoms with Gasteiger partial charge in [-0.3, -0.25) is 0 Å². The molecule has 3 aromatic rings. The van der Waals surface area contributed by atoms with Crippen LogP contribution in [0.4, 0.5) is 10.7 Å². The molecule has 0 bridgehead atoms. The van der Waals surface area contributed by atoms with E-state index in [-0.39, 0.29) is 12.1 Å². The van der Waals surface area contributed by atoms with Crippen LogP contribution in [0.15, 0.2) is 48.5 Å². The second-order valence-corrected chi connectivity index (χ2v) is 9.13. The highest BCUT2D eigenvalue weighted by molar-refractivity contribution is 5.79. The van der Waals surface area contributed by atoms with Crippen molar-refractivity contribution >= 4 is 23.1 Å². The molecule has 32 heavy (non-hydrogen) atoms. The normalized spacial score (nSPS) is 16.2. The summed E-state index contributed by atoms with van der Waals surface area (Å²) in [6, 6.07) is 17.9. The molecule has 1 aliphatic rings. The molecule has 2 heterocycles. The molecule has 4 rings (SSSR count). The number of nitrogens with zero attached hydrogens (tertiary/aromatic N) is 4. The molecular weight excluding hydrogens is 402 g/mol. The predicted octanol–water partition coefficient (Wildman–Crippen LogP) is 4.77. The smallest absolute Gasteiger partial charge is 0.410 e. The van der Waals surface area contributed by atoms with E-state index in [2.05, 4.69) is 16.0 Å². The number of ether oxygens (including phenoxy) is 1. The van der Waals surface area contributed by atoms with Crippen LogP contribution in [0.1, 0.15) is 44.7 Å². The van der Waals surface area contributed by atoms with E-state index in [0.717, 1.165) is 35.4 Å². The van der Waals surface area contributed by atoms with Crippen molar-refractivity contribution in [2.24, 2.45) is 0 Å². The van der Waals surface area contributed by atoms with Gasteiger partial charge in [0.15, 0.2) is 0 Å². The monoisotopic (exact) mass is 431 g/mol. The van der Waals surface area contributed by atoms with Crippen molar-refractivity contribution in [1.29, 1.82) is 5.26 Å². The third-order valence-electron chi connectivity index (χ3n) is 5.62. The summed E-state index contributed by atoms with van der Waals surface area (Å²) in [6.07, 6.45) is 1.61. The Labute approximate surface area is 188 Å². The van der Waals surface area contributed by atoms with Gasteiger partial charge >= 0.3 is 6.09 Å². The van der Waals surface area contributed by atoms with Crippen molar-refractivity contribution < 1.29 is 9.53 Å². The first kappa shape index (κ1) is 21.7. The van der Waals surface area contributed by atoms with Gasteiger partial charge in [0.25, 0.3) is 0 Å². The molecule has 1 amide bonds. The lowest BCUT2D eigenvalue weighted by molar-refractivity contribution is 0.0235. The van der Waals surface area contributed by atoms with Gasteiger partial charge in [-0.15, -0.1) is 0 Å². The predicted molar refractivity (Wildman–Crippen MR) is 124 cm³/mol. The second kappa shape index (κ2) is 8.91. The number of imidazole rings is 1. The van der Waals surface area contributed by atoms with Crippen molar-refractivity contribution in [3.8, 4) is 6.07 Å². The van der Waals surface area contributed by atoms with Crippen molar-refractivity contribution in [1.82, 2.24) is 14.5 Å². The average Bonchev–Trinajstić information content (AvgIpc) is 3.36. The fourth-order valence-corrected chi connectivity index (χ4v) is 4.13. The maximum Gasteiger partial charge on any atom is 0.410 e. The van der Waals surface area contributed by atoms with Gasteiger partial charge in [-0.2, -0.15) is 5.26 Å². The molecule has 1 saturated heterocycles. The van der Waals surface area contributed by atoms with E-state index in [9.17, 15) is 10.1 Å². The zero-order valence-electron chi connectivity index (χ0n) is 18.8. The molecule has 1 N–H and O–H groups in total. The maximum absolute atomic E-state index is 12.6. The number of para-hydroxylation sites is 2. The lowest BCUT2D eigenvalue weighted by Crippen LogP contribution is -2.42. The van der Waals surface area contributed by atoms with Crippen LogP contribution >= 0.6 is 0 Å². The van der Waals surface area contributed by atoms with Crippen LogP contribution in [0, 0.1) is 11.3 Å². The molecule has 7 nitrogen and oxygen atoms in total.